The van der Waals surface area contributed by atoms with Gasteiger partial charge >= 0.3 is 17.9 Å². The zero-order valence-corrected chi connectivity index (χ0v) is 27.6. The number of rotatable bonds is 25. The second-order valence-electron chi connectivity index (χ2n) is 12.7. The average Bonchev–Trinajstić information content (AvgIpc) is 2.91. The maximum Gasteiger partial charge on any atom is 0.303 e. The van der Waals surface area contributed by atoms with Gasteiger partial charge in [0.15, 0.2) is 0 Å². The first-order valence-electron chi connectivity index (χ1n) is 16.5. The van der Waals surface area contributed by atoms with Crippen molar-refractivity contribution in [2.45, 2.75) is 181 Å². The second kappa shape index (κ2) is 31.7. The lowest BCUT2D eigenvalue weighted by Crippen LogP contribution is -2.41. The van der Waals surface area contributed by atoms with Gasteiger partial charge in [-0.3, -0.25) is 14.4 Å². The zero-order valence-electron chi connectivity index (χ0n) is 27.6. The Bertz CT molecular complexity index is 632. The van der Waals surface area contributed by atoms with Crippen LogP contribution in [0.5, 0.6) is 0 Å². The van der Waals surface area contributed by atoms with E-state index in [-0.39, 0.29) is 18.3 Å². The molecule has 0 spiro atoms. The summed E-state index contributed by atoms with van der Waals surface area (Å²) in [5.74, 6) is -2.39. The fraction of sp³-hybridized carbons (Fsp3) is 0.909. The SMILES string of the molecule is CC(C)(C)CC(O)[C@H](O)[C@H](O)CO.CCCCCCCCCCCCCCCCCC(=O)O.O=C(O)CCCCC(=O)O. The molecule has 3 atom stereocenters. The van der Waals surface area contributed by atoms with Crippen molar-refractivity contribution >= 4 is 17.9 Å². The average molecular weight is 623 g/mol. The van der Waals surface area contributed by atoms with Crippen molar-refractivity contribution in [3.63, 3.8) is 0 Å². The quantitative estimate of drug-likeness (QED) is 0.0549. The molecular weight excluding hydrogens is 556 g/mol. The standard InChI is InChI=1S/C18H36O2.C9H20O4.C6H10O4/c1-2-3-4-5-6-7-8-9-10-11-12-13-14-15-16-17-18(19)20;1-9(2,3)4-6(11)8(13)7(12)5-10;7-5(8)3-1-2-4-6(9)10/h2-17H2,1H3,(H,19,20);6-8,10-13H,4-5H2,1-3H3;1-4H2,(H,7,8)(H,9,10)/t;6?,7-,8+;/m.1./s1. The predicted octanol–water partition coefficient (Wildman–Crippen LogP) is 6.55. The number of hydrogen-bond donors (Lipinski definition) is 7. The third-order valence-corrected chi connectivity index (χ3v) is 6.82. The highest BCUT2D eigenvalue weighted by atomic mass is 16.4. The van der Waals surface area contributed by atoms with E-state index in [9.17, 15) is 24.6 Å². The first kappa shape index (κ1) is 45.7. The van der Waals surface area contributed by atoms with E-state index in [1.165, 1.54) is 83.5 Å². The normalized spacial score (nSPS) is 13.1. The van der Waals surface area contributed by atoms with E-state index < -0.39 is 42.8 Å². The Kier molecular flexibility index (Phi) is 33.6. The molecule has 0 amide bonds. The summed E-state index contributed by atoms with van der Waals surface area (Å²) in [6, 6.07) is 0. The summed E-state index contributed by atoms with van der Waals surface area (Å²) < 4.78 is 0. The molecule has 0 aromatic heterocycles. The summed E-state index contributed by atoms with van der Waals surface area (Å²) in [5.41, 5.74) is -0.116. The van der Waals surface area contributed by atoms with Crippen LogP contribution in [0.3, 0.4) is 0 Å². The molecule has 0 saturated heterocycles. The van der Waals surface area contributed by atoms with Crippen LogP contribution in [0, 0.1) is 5.41 Å². The molecule has 0 aliphatic carbocycles. The number of unbranched alkanes of at least 4 members (excludes halogenated alkanes) is 15. The minimum absolute atomic E-state index is 0.0628. The van der Waals surface area contributed by atoms with Gasteiger partial charge in [0.2, 0.25) is 0 Å². The van der Waals surface area contributed by atoms with Crippen molar-refractivity contribution in [2.24, 2.45) is 5.41 Å². The van der Waals surface area contributed by atoms with Crippen molar-refractivity contribution in [1.82, 2.24) is 0 Å². The highest BCUT2D eigenvalue weighted by molar-refractivity contribution is 5.68. The van der Waals surface area contributed by atoms with Gasteiger partial charge in [0.25, 0.3) is 0 Å². The zero-order chi connectivity index (χ0) is 33.5. The summed E-state index contributed by atoms with van der Waals surface area (Å²) in [4.78, 5) is 30.1. The minimum Gasteiger partial charge on any atom is -0.481 e. The largest absolute Gasteiger partial charge is 0.481 e. The molecule has 0 fully saturated rings. The van der Waals surface area contributed by atoms with Crippen LogP contribution in [-0.4, -0.2) is 78.6 Å². The highest BCUT2D eigenvalue weighted by Gasteiger charge is 2.27. The maximum atomic E-state index is 10.3. The molecule has 0 rings (SSSR count). The maximum absolute atomic E-state index is 10.3. The molecule has 7 N–H and O–H groups in total. The van der Waals surface area contributed by atoms with Crippen LogP contribution in [0.4, 0.5) is 0 Å². The summed E-state index contributed by atoms with van der Waals surface area (Å²) in [6.45, 7) is 7.51. The Morgan fingerprint density at radius 3 is 1.05 bits per heavy atom. The summed E-state index contributed by atoms with van der Waals surface area (Å²) in [7, 11) is 0. The van der Waals surface area contributed by atoms with Crippen molar-refractivity contribution < 1.29 is 50.1 Å². The molecule has 0 aliphatic heterocycles. The number of aliphatic carboxylic acids is 3. The molecule has 0 heterocycles. The molecular formula is C33H66O10. The van der Waals surface area contributed by atoms with E-state index in [0.29, 0.717) is 25.7 Å². The molecule has 0 saturated carbocycles. The van der Waals surface area contributed by atoms with E-state index in [4.69, 9.17) is 25.5 Å². The van der Waals surface area contributed by atoms with Crippen LogP contribution in [0.25, 0.3) is 0 Å². The van der Waals surface area contributed by atoms with Gasteiger partial charge < -0.3 is 35.7 Å². The number of carboxylic acid groups (broad SMARTS) is 3. The minimum atomic E-state index is -1.27. The van der Waals surface area contributed by atoms with E-state index in [2.05, 4.69) is 6.92 Å². The van der Waals surface area contributed by atoms with Gasteiger partial charge in [-0.05, 0) is 31.1 Å². The third kappa shape index (κ3) is 42.4. The highest BCUT2D eigenvalue weighted by Crippen LogP contribution is 2.22. The van der Waals surface area contributed by atoms with Crippen LogP contribution in [0.1, 0.15) is 163 Å². The molecule has 0 bridgehead atoms. The van der Waals surface area contributed by atoms with Crippen molar-refractivity contribution in [3.8, 4) is 0 Å². The lowest BCUT2D eigenvalue weighted by Gasteiger charge is -2.27. The predicted molar refractivity (Wildman–Crippen MR) is 170 cm³/mol. The fourth-order valence-electron chi connectivity index (χ4n) is 4.31. The van der Waals surface area contributed by atoms with Crippen molar-refractivity contribution in [1.29, 1.82) is 0 Å². The van der Waals surface area contributed by atoms with Gasteiger partial charge in [-0.2, -0.15) is 0 Å². The third-order valence-electron chi connectivity index (χ3n) is 6.82. The second-order valence-corrected chi connectivity index (χ2v) is 12.7. The molecule has 0 radical (unpaired) electrons. The summed E-state index contributed by atoms with van der Waals surface area (Å²) in [6.07, 6.45) is 18.1. The first-order chi connectivity index (χ1) is 20.2. The van der Waals surface area contributed by atoms with E-state index in [1.54, 1.807) is 0 Å². The van der Waals surface area contributed by atoms with Gasteiger partial charge in [0, 0.05) is 19.3 Å². The first-order valence-corrected chi connectivity index (χ1v) is 16.5. The van der Waals surface area contributed by atoms with Crippen LogP contribution in [-0.2, 0) is 14.4 Å². The summed E-state index contributed by atoms with van der Waals surface area (Å²) >= 11 is 0. The van der Waals surface area contributed by atoms with Crippen molar-refractivity contribution in [3.05, 3.63) is 0 Å². The molecule has 1 unspecified atom stereocenters. The Morgan fingerprint density at radius 1 is 0.512 bits per heavy atom. The molecule has 43 heavy (non-hydrogen) atoms. The van der Waals surface area contributed by atoms with Crippen LogP contribution in [0.2, 0.25) is 0 Å². The van der Waals surface area contributed by atoms with Gasteiger partial charge in [-0.1, -0.05) is 118 Å². The van der Waals surface area contributed by atoms with Gasteiger partial charge in [-0.15, -0.1) is 0 Å². The molecule has 0 aromatic carbocycles. The van der Waals surface area contributed by atoms with E-state index >= 15 is 0 Å². The molecule has 10 nitrogen and oxygen atoms in total. The number of hydrogen-bond acceptors (Lipinski definition) is 7. The number of aliphatic hydroxyl groups excluding tert-OH is 4. The van der Waals surface area contributed by atoms with Crippen molar-refractivity contribution in [2.75, 3.05) is 6.61 Å². The van der Waals surface area contributed by atoms with Crippen LogP contribution >= 0.6 is 0 Å². The Hall–Kier alpha value is -1.75. The molecule has 10 heteroatoms. The Balaban J connectivity index is -0.000000600. The lowest BCUT2D eigenvalue weighted by atomic mass is 9.86. The topological polar surface area (TPSA) is 193 Å². The van der Waals surface area contributed by atoms with Gasteiger partial charge in [0.05, 0.1) is 12.7 Å². The van der Waals surface area contributed by atoms with Gasteiger partial charge in [0.1, 0.15) is 12.2 Å². The molecule has 258 valence electrons. The Labute approximate surface area is 260 Å². The van der Waals surface area contributed by atoms with E-state index in [1.807, 2.05) is 20.8 Å². The smallest absolute Gasteiger partial charge is 0.303 e. The lowest BCUT2D eigenvalue weighted by molar-refractivity contribution is -0.139. The van der Waals surface area contributed by atoms with Crippen LogP contribution in [0.15, 0.2) is 0 Å². The van der Waals surface area contributed by atoms with Gasteiger partial charge in [-0.25, -0.2) is 0 Å². The molecule has 0 aromatic rings. The monoisotopic (exact) mass is 622 g/mol. The summed E-state index contributed by atoms with van der Waals surface area (Å²) in [5, 5.41) is 61.1. The van der Waals surface area contributed by atoms with E-state index in [0.717, 1.165) is 12.8 Å². The number of carbonyl (C=O) groups is 3. The fourth-order valence-corrected chi connectivity index (χ4v) is 4.31. The Morgan fingerprint density at radius 2 is 0.791 bits per heavy atom. The number of aliphatic hydroxyl groups is 4. The molecule has 0 aliphatic rings. The van der Waals surface area contributed by atoms with Crippen LogP contribution < -0.4 is 0 Å². The number of carboxylic acids is 3.